The third-order valence-electron chi connectivity index (χ3n) is 4.64. The quantitative estimate of drug-likeness (QED) is 0.658. The number of rotatable bonds is 3. The Morgan fingerprint density at radius 1 is 1.10 bits per heavy atom. The number of ether oxygens (including phenoxy) is 2. The molecule has 1 aromatic rings. The third-order valence-corrected chi connectivity index (χ3v) is 4.64. The molecule has 1 unspecified atom stereocenters. The second kappa shape index (κ2) is 6.02. The Labute approximate surface area is 120 Å². The molecule has 1 saturated carbocycles. The normalized spacial score (nSPS) is 27.1. The number of fused-ring (bicyclic) bond motifs is 1. The number of hydrogen-bond donors (Lipinski definition) is 2. The first-order valence-electron chi connectivity index (χ1n) is 7.63. The lowest BCUT2D eigenvalue weighted by Crippen LogP contribution is -2.35. The maximum absolute atomic E-state index is 5.82. The van der Waals surface area contributed by atoms with Crippen molar-refractivity contribution >= 4 is 0 Å². The molecule has 0 amide bonds. The van der Waals surface area contributed by atoms with E-state index >= 15 is 0 Å². The Hall–Kier alpha value is -1.26. The Morgan fingerprint density at radius 2 is 1.80 bits per heavy atom. The van der Waals surface area contributed by atoms with Crippen LogP contribution in [0.15, 0.2) is 18.2 Å². The highest BCUT2D eigenvalue weighted by Gasteiger charge is 2.27. The van der Waals surface area contributed by atoms with Crippen molar-refractivity contribution in [2.45, 2.75) is 38.6 Å². The summed E-state index contributed by atoms with van der Waals surface area (Å²) < 4.78 is 11.2. The molecule has 1 aliphatic heterocycles. The van der Waals surface area contributed by atoms with Crippen molar-refractivity contribution in [1.29, 1.82) is 0 Å². The largest absolute Gasteiger partial charge is 0.486 e. The molecule has 3 rings (SSSR count). The zero-order valence-corrected chi connectivity index (χ0v) is 12.1. The molecule has 2 aliphatic rings. The van der Waals surface area contributed by atoms with E-state index in [0.717, 1.165) is 17.4 Å². The summed E-state index contributed by atoms with van der Waals surface area (Å²) in [5.74, 6) is 8.97. The van der Waals surface area contributed by atoms with Crippen LogP contribution >= 0.6 is 0 Å². The van der Waals surface area contributed by atoms with E-state index in [4.69, 9.17) is 15.3 Å². The molecule has 0 radical (unpaired) electrons. The molecule has 110 valence electrons. The van der Waals surface area contributed by atoms with Crippen molar-refractivity contribution < 1.29 is 9.47 Å². The number of hydrogen-bond acceptors (Lipinski definition) is 4. The summed E-state index contributed by atoms with van der Waals surface area (Å²) in [6, 6.07) is 6.39. The van der Waals surface area contributed by atoms with Gasteiger partial charge in [0.05, 0.1) is 0 Å². The van der Waals surface area contributed by atoms with Crippen molar-refractivity contribution in [1.82, 2.24) is 5.43 Å². The molecule has 0 saturated heterocycles. The van der Waals surface area contributed by atoms with E-state index in [2.05, 4.69) is 24.5 Å². The number of nitrogens with two attached hydrogens (primary N) is 1. The topological polar surface area (TPSA) is 56.5 Å². The van der Waals surface area contributed by atoms with Crippen LogP contribution in [0.1, 0.15) is 44.2 Å². The first kappa shape index (κ1) is 13.7. The van der Waals surface area contributed by atoms with Gasteiger partial charge >= 0.3 is 0 Å². The van der Waals surface area contributed by atoms with Crippen LogP contribution in [0.5, 0.6) is 11.5 Å². The molecule has 1 aromatic carbocycles. The lowest BCUT2D eigenvalue weighted by atomic mass is 9.77. The van der Waals surface area contributed by atoms with Gasteiger partial charge in [0.2, 0.25) is 0 Å². The smallest absolute Gasteiger partial charge is 0.161 e. The van der Waals surface area contributed by atoms with Gasteiger partial charge in [0.1, 0.15) is 13.2 Å². The lowest BCUT2D eigenvalue weighted by molar-refractivity contribution is 0.170. The van der Waals surface area contributed by atoms with Gasteiger partial charge in [0.25, 0.3) is 0 Å². The van der Waals surface area contributed by atoms with Crippen LogP contribution in [0, 0.1) is 11.8 Å². The van der Waals surface area contributed by atoms with Gasteiger partial charge in [-0.15, -0.1) is 0 Å². The second-order valence-electron chi connectivity index (χ2n) is 6.07. The standard InChI is InChI=1S/C16H24N2O2/c1-11-2-4-12(5-3-11)16(18-17)13-6-7-14-15(10-13)20-9-8-19-14/h6-7,10-12,16,18H,2-5,8-9,17H2,1H3. The molecular weight excluding hydrogens is 252 g/mol. The number of hydrazine groups is 1. The van der Waals surface area contributed by atoms with Crippen LogP contribution in [0.3, 0.4) is 0 Å². The van der Waals surface area contributed by atoms with Gasteiger partial charge < -0.3 is 9.47 Å². The summed E-state index contributed by atoms with van der Waals surface area (Å²) in [7, 11) is 0. The summed E-state index contributed by atoms with van der Waals surface area (Å²) in [5, 5.41) is 0. The van der Waals surface area contributed by atoms with Gasteiger partial charge in [0, 0.05) is 6.04 Å². The molecule has 0 aromatic heterocycles. The van der Waals surface area contributed by atoms with Crippen molar-refractivity contribution in [2.24, 2.45) is 17.7 Å². The summed E-state index contributed by atoms with van der Waals surface area (Å²) in [6.07, 6.45) is 5.08. The zero-order chi connectivity index (χ0) is 13.9. The predicted octanol–water partition coefficient (Wildman–Crippen LogP) is 2.79. The van der Waals surface area contributed by atoms with Crippen molar-refractivity contribution in [3.05, 3.63) is 23.8 Å². The highest BCUT2D eigenvalue weighted by Crippen LogP contribution is 2.39. The molecular formula is C16H24N2O2. The summed E-state index contributed by atoms with van der Waals surface area (Å²) in [6.45, 7) is 3.59. The third kappa shape index (κ3) is 2.76. The summed E-state index contributed by atoms with van der Waals surface area (Å²) in [5.41, 5.74) is 4.22. The maximum Gasteiger partial charge on any atom is 0.161 e. The first-order chi connectivity index (χ1) is 9.78. The molecule has 20 heavy (non-hydrogen) atoms. The van der Waals surface area contributed by atoms with Crippen LogP contribution in [0.2, 0.25) is 0 Å². The van der Waals surface area contributed by atoms with Gasteiger partial charge in [0.15, 0.2) is 11.5 Å². The van der Waals surface area contributed by atoms with Crippen LogP contribution in [0.25, 0.3) is 0 Å². The zero-order valence-electron chi connectivity index (χ0n) is 12.1. The molecule has 3 N–H and O–H groups in total. The minimum Gasteiger partial charge on any atom is -0.486 e. The average Bonchev–Trinajstić information content (AvgIpc) is 2.50. The van der Waals surface area contributed by atoms with Crippen LogP contribution in [0.4, 0.5) is 0 Å². The van der Waals surface area contributed by atoms with E-state index in [1.54, 1.807) is 0 Å². The molecule has 0 bridgehead atoms. The Morgan fingerprint density at radius 3 is 2.50 bits per heavy atom. The fourth-order valence-corrected chi connectivity index (χ4v) is 3.38. The van der Waals surface area contributed by atoms with E-state index < -0.39 is 0 Å². The predicted molar refractivity (Wildman–Crippen MR) is 78.6 cm³/mol. The second-order valence-corrected chi connectivity index (χ2v) is 6.07. The summed E-state index contributed by atoms with van der Waals surface area (Å²) in [4.78, 5) is 0. The van der Waals surface area contributed by atoms with Gasteiger partial charge in [-0.05, 0) is 42.4 Å². The molecule has 4 nitrogen and oxygen atoms in total. The monoisotopic (exact) mass is 276 g/mol. The van der Waals surface area contributed by atoms with Crippen LogP contribution in [-0.2, 0) is 0 Å². The molecule has 1 fully saturated rings. The molecule has 1 heterocycles. The SMILES string of the molecule is CC1CCC(C(NN)c2ccc3c(c2)OCCO3)CC1. The van der Waals surface area contributed by atoms with Crippen molar-refractivity contribution in [3.8, 4) is 11.5 Å². The van der Waals surface area contributed by atoms with Gasteiger partial charge in [-0.2, -0.15) is 0 Å². The summed E-state index contributed by atoms with van der Waals surface area (Å²) >= 11 is 0. The molecule has 0 spiro atoms. The van der Waals surface area contributed by atoms with E-state index in [-0.39, 0.29) is 6.04 Å². The number of nitrogens with one attached hydrogen (secondary N) is 1. The molecule has 1 aliphatic carbocycles. The fourth-order valence-electron chi connectivity index (χ4n) is 3.38. The van der Waals surface area contributed by atoms with Gasteiger partial charge in [-0.25, -0.2) is 0 Å². The average molecular weight is 276 g/mol. The van der Waals surface area contributed by atoms with E-state index in [9.17, 15) is 0 Å². The molecule has 4 heteroatoms. The Balaban J connectivity index is 1.78. The Bertz CT molecular complexity index is 456. The van der Waals surface area contributed by atoms with Gasteiger partial charge in [-0.3, -0.25) is 11.3 Å². The lowest BCUT2D eigenvalue weighted by Gasteiger charge is -2.33. The van der Waals surface area contributed by atoms with E-state index in [1.807, 2.05) is 6.07 Å². The van der Waals surface area contributed by atoms with Crippen molar-refractivity contribution in [2.75, 3.05) is 13.2 Å². The fraction of sp³-hybridized carbons (Fsp3) is 0.625. The van der Waals surface area contributed by atoms with Crippen LogP contribution < -0.4 is 20.7 Å². The highest BCUT2D eigenvalue weighted by atomic mass is 16.6. The number of benzene rings is 1. The minimum atomic E-state index is 0.207. The minimum absolute atomic E-state index is 0.207. The van der Waals surface area contributed by atoms with Crippen LogP contribution in [-0.4, -0.2) is 13.2 Å². The van der Waals surface area contributed by atoms with Crippen molar-refractivity contribution in [3.63, 3.8) is 0 Å². The van der Waals surface area contributed by atoms with E-state index in [0.29, 0.717) is 19.1 Å². The maximum atomic E-state index is 5.82. The Kier molecular flexibility index (Phi) is 4.13. The first-order valence-corrected chi connectivity index (χ1v) is 7.63. The highest BCUT2D eigenvalue weighted by molar-refractivity contribution is 5.44. The van der Waals surface area contributed by atoms with Gasteiger partial charge in [-0.1, -0.05) is 25.8 Å². The molecule has 1 atom stereocenters. The van der Waals surface area contributed by atoms with E-state index in [1.165, 1.54) is 31.2 Å².